The van der Waals surface area contributed by atoms with Gasteiger partial charge >= 0.3 is 0 Å². The average Bonchev–Trinajstić information content (AvgIpc) is 2.45. The standard InChI is InChI=1S/C15H14ClFN2O2/c1-2-21-13-7-6-9(8-11(13)16)19-15(20)10-4-3-5-12(17)14(10)18/h3-8H,2,18H2,1H3,(H,19,20). The summed E-state index contributed by atoms with van der Waals surface area (Å²) >= 11 is 6.03. The highest BCUT2D eigenvalue weighted by Crippen LogP contribution is 2.28. The lowest BCUT2D eigenvalue weighted by atomic mass is 10.1. The van der Waals surface area contributed by atoms with Gasteiger partial charge in [0, 0.05) is 5.69 Å². The van der Waals surface area contributed by atoms with Crippen molar-refractivity contribution in [2.75, 3.05) is 17.7 Å². The number of rotatable bonds is 4. The van der Waals surface area contributed by atoms with Crippen molar-refractivity contribution in [1.82, 2.24) is 0 Å². The number of hydrogen-bond donors (Lipinski definition) is 2. The van der Waals surface area contributed by atoms with Crippen LogP contribution in [0.2, 0.25) is 5.02 Å². The third-order valence-electron chi connectivity index (χ3n) is 2.79. The lowest BCUT2D eigenvalue weighted by Gasteiger charge is -2.10. The zero-order chi connectivity index (χ0) is 15.4. The van der Waals surface area contributed by atoms with Crippen LogP contribution >= 0.6 is 11.6 Å². The van der Waals surface area contributed by atoms with Gasteiger partial charge in [-0.2, -0.15) is 0 Å². The van der Waals surface area contributed by atoms with Crippen LogP contribution in [-0.4, -0.2) is 12.5 Å². The van der Waals surface area contributed by atoms with Gasteiger partial charge in [-0.1, -0.05) is 17.7 Å². The first-order valence-electron chi connectivity index (χ1n) is 6.30. The van der Waals surface area contributed by atoms with Crippen molar-refractivity contribution in [1.29, 1.82) is 0 Å². The summed E-state index contributed by atoms with van der Waals surface area (Å²) in [6, 6.07) is 8.91. The number of halogens is 2. The molecule has 0 aromatic heterocycles. The van der Waals surface area contributed by atoms with E-state index in [9.17, 15) is 9.18 Å². The van der Waals surface area contributed by atoms with Crippen LogP contribution in [0.1, 0.15) is 17.3 Å². The summed E-state index contributed by atoms with van der Waals surface area (Å²) < 4.78 is 18.6. The molecule has 2 aromatic rings. The van der Waals surface area contributed by atoms with Crippen LogP contribution in [0.4, 0.5) is 15.8 Å². The molecular formula is C15H14ClFN2O2. The summed E-state index contributed by atoms with van der Waals surface area (Å²) in [5.74, 6) is -0.609. The van der Waals surface area contributed by atoms with Crippen molar-refractivity contribution in [3.05, 3.63) is 52.8 Å². The molecule has 0 spiro atoms. The maximum Gasteiger partial charge on any atom is 0.257 e. The summed E-state index contributed by atoms with van der Waals surface area (Å²) in [7, 11) is 0. The highest BCUT2D eigenvalue weighted by atomic mass is 35.5. The number of nitrogens with two attached hydrogens (primary N) is 1. The topological polar surface area (TPSA) is 64.3 Å². The zero-order valence-electron chi connectivity index (χ0n) is 11.3. The number of amides is 1. The Morgan fingerprint density at radius 2 is 2.14 bits per heavy atom. The molecule has 3 N–H and O–H groups in total. The Morgan fingerprint density at radius 1 is 1.38 bits per heavy atom. The van der Waals surface area contributed by atoms with Crippen LogP contribution in [-0.2, 0) is 0 Å². The molecule has 21 heavy (non-hydrogen) atoms. The quantitative estimate of drug-likeness (QED) is 0.846. The van der Waals surface area contributed by atoms with Crippen molar-refractivity contribution in [3.63, 3.8) is 0 Å². The summed E-state index contributed by atoms with van der Waals surface area (Å²) in [4.78, 5) is 12.1. The molecule has 0 aliphatic rings. The Labute approximate surface area is 126 Å². The molecule has 0 fully saturated rings. The molecular weight excluding hydrogens is 295 g/mol. The number of hydrogen-bond acceptors (Lipinski definition) is 3. The molecule has 0 atom stereocenters. The van der Waals surface area contributed by atoms with E-state index in [0.717, 1.165) is 0 Å². The van der Waals surface area contributed by atoms with Crippen molar-refractivity contribution in [2.45, 2.75) is 6.92 Å². The number of para-hydroxylation sites is 1. The molecule has 0 aliphatic heterocycles. The highest BCUT2D eigenvalue weighted by Gasteiger charge is 2.13. The second kappa shape index (κ2) is 6.45. The van der Waals surface area contributed by atoms with Crippen LogP contribution in [0.25, 0.3) is 0 Å². The third kappa shape index (κ3) is 3.44. The molecule has 0 unspecified atom stereocenters. The van der Waals surface area contributed by atoms with Crippen molar-refractivity contribution in [2.24, 2.45) is 0 Å². The van der Waals surface area contributed by atoms with Crippen molar-refractivity contribution >= 4 is 28.9 Å². The van der Waals surface area contributed by atoms with E-state index in [2.05, 4.69) is 5.32 Å². The van der Waals surface area contributed by atoms with Crippen molar-refractivity contribution < 1.29 is 13.9 Å². The molecule has 110 valence electrons. The van der Waals surface area contributed by atoms with Crippen LogP contribution in [0.5, 0.6) is 5.75 Å². The monoisotopic (exact) mass is 308 g/mol. The van der Waals surface area contributed by atoms with Crippen LogP contribution in [0.3, 0.4) is 0 Å². The van der Waals surface area contributed by atoms with Crippen molar-refractivity contribution in [3.8, 4) is 5.75 Å². The van der Waals surface area contributed by atoms with Gasteiger partial charge in [0.2, 0.25) is 0 Å². The lowest BCUT2D eigenvalue weighted by Crippen LogP contribution is -2.14. The molecule has 0 aliphatic carbocycles. The zero-order valence-corrected chi connectivity index (χ0v) is 12.1. The second-order valence-electron chi connectivity index (χ2n) is 4.23. The maximum atomic E-state index is 13.3. The summed E-state index contributed by atoms with van der Waals surface area (Å²) in [6.07, 6.45) is 0. The van der Waals surface area contributed by atoms with E-state index in [-0.39, 0.29) is 11.3 Å². The molecule has 4 nitrogen and oxygen atoms in total. The number of benzene rings is 2. The molecule has 1 amide bonds. The van der Waals surface area contributed by atoms with E-state index >= 15 is 0 Å². The predicted molar refractivity (Wildman–Crippen MR) is 81.4 cm³/mol. The van der Waals surface area contributed by atoms with E-state index in [1.54, 1.807) is 18.2 Å². The van der Waals surface area contributed by atoms with Gasteiger partial charge in [-0.3, -0.25) is 4.79 Å². The summed E-state index contributed by atoms with van der Waals surface area (Å²) in [6.45, 7) is 2.34. The normalized spacial score (nSPS) is 10.2. The Hall–Kier alpha value is -2.27. The first kappa shape index (κ1) is 15.1. The smallest absolute Gasteiger partial charge is 0.257 e. The minimum Gasteiger partial charge on any atom is -0.492 e. The lowest BCUT2D eigenvalue weighted by molar-refractivity contribution is 0.102. The molecule has 0 saturated heterocycles. The van der Waals surface area contributed by atoms with Crippen LogP contribution in [0, 0.1) is 5.82 Å². The summed E-state index contributed by atoms with van der Waals surface area (Å²) in [5.41, 5.74) is 5.90. The molecule has 2 aromatic carbocycles. The Kier molecular flexibility index (Phi) is 4.65. The van der Waals surface area contributed by atoms with Gasteiger partial charge in [-0.25, -0.2) is 4.39 Å². The molecule has 6 heteroatoms. The van der Waals surface area contributed by atoms with Gasteiger partial charge < -0.3 is 15.8 Å². The Bertz CT molecular complexity index is 677. The molecule has 0 heterocycles. The van der Waals surface area contributed by atoms with Gasteiger partial charge in [-0.15, -0.1) is 0 Å². The first-order chi connectivity index (χ1) is 10.0. The van der Waals surface area contributed by atoms with Gasteiger partial charge in [0.15, 0.2) is 0 Å². The van der Waals surface area contributed by atoms with Crippen LogP contribution < -0.4 is 15.8 Å². The minimum atomic E-state index is -0.632. The molecule has 0 bridgehead atoms. The van der Waals surface area contributed by atoms with E-state index in [1.807, 2.05) is 6.92 Å². The number of nitrogen functional groups attached to an aromatic ring is 1. The second-order valence-corrected chi connectivity index (χ2v) is 4.64. The number of nitrogens with one attached hydrogen (secondary N) is 1. The maximum absolute atomic E-state index is 13.3. The minimum absolute atomic E-state index is 0.0695. The number of anilines is 2. The summed E-state index contributed by atoms with van der Waals surface area (Å²) in [5, 5.41) is 2.99. The average molecular weight is 309 g/mol. The number of carbonyl (C=O) groups excluding carboxylic acids is 1. The van der Waals surface area contributed by atoms with E-state index in [0.29, 0.717) is 23.1 Å². The molecule has 2 rings (SSSR count). The molecule has 0 radical (unpaired) electrons. The SMILES string of the molecule is CCOc1ccc(NC(=O)c2cccc(F)c2N)cc1Cl. The Morgan fingerprint density at radius 3 is 2.81 bits per heavy atom. The largest absolute Gasteiger partial charge is 0.492 e. The third-order valence-corrected chi connectivity index (χ3v) is 3.08. The van der Waals surface area contributed by atoms with Gasteiger partial charge in [0.05, 0.1) is 22.9 Å². The van der Waals surface area contributed by atoms with E-state index < -0.39 is 11.7 Å². The molecule has 0 saturated carbocycles. The Balaban J connectivity index is 2.20. The first-order valence-corrected chi connectivity index (χ1v) is 6.68. The fourth-order valence-electron chi connectivity index (χ4n) is 1.78. The predicted octanol–water partition coefficient (Wildman–Crippen LogP) is 3.71. The highest BCUT2D eigenvalue weighted by molar-refractivity contribution is 6.32. The fraction of sp³-hybridized carbons (Fsp3) is 0.133. The van der Waals surface area contributed by atoms with Gasteiger partial charge in [0.25, 0.3) is 5.91 Å². The van der Waals surface area contributed by atoms with Gasteiger partial charge in [0.1, 0.15) is 11.6 Å². The number of carbonyl (C=O) groups is 1. The number of ether oxygens (including phenoxy) is 1. The van der Waals surface area contributed by atoms with E-state index in [4.69, 9.17) is 22.1 Å². The van der Waals surface area contributed by atoms with E-state index in [1.165, 1.54) is 18.2 Å². The fourth-order valence-corrected chi connectivity index (χ4v) is 2.02. The van der Waals surface area contributed by atoms with Crippen LogP contribution in [0.15, 0.2) is 36.4 Å². The van der Waals surface area contributed by atoms with Gasteiger partial charge in [-0.05, 0) is 37.3 Å².